The van der Waals surface area contributed by atoms with Crippen LogP contribution in [-0.4, -0.2) is 4.98 Å². The number of para-hydroxylation sites is 1. The van der Waals surface area contributed by atoms with Crippen molar-refractivity contribution < 1.29 is 0 Å². The van der Waals surface area contributed by atoms with Crippen molar-refractivity contribution in [3.8, 4) is 10.6 Å². The smallest absolute Gasteiger partial charge is 0.125 e. The maximum absolute atomic E-state index is 6.10. The molecule has 3 heteroatoms. The zero-order valence-corrected chi connectivity index (χ0v) is 13.5. The fourth-order valence-electron chi connectivity index (χ4n) is 3.60. The Morgan fingerprint density at radius 2 is 1.85 bits per heavy atom. The number of hydrogen-bond acceptors (Lipinski definition) is 3. The van der Waals surface area contributed by atoms with E-state index in [9.17, 15) is 0 Å². The first-order valence-electron chi connectivity index (χ1n) is 7.14. The highest BCUT2D eigenvalue weighted by Crippen LogP contribution is 2.49. The molecule has 0 bridgehead atoms. The molecule has 20 heavy (non-hydrogen) atoms. The summed E-state index contributed by atoms with van der Waals surface area (Å²) in [6.07, 6.45) is 2.27. The summed E-state index contributed by atoms with van der Waals surface area (Å²) in [6.45, 7) is 9.35. The fourth-order valence-corrected chi connectivity index (χ4v) is 4.83. The van der Waals surface area contributed by atoms with Crippen LogP contribution >= 0.6 is 11.3 Å². The highest BCUT2D eigenvalue weighted by atomic mass is 32.1. The number of nitrogen functional groups attached to an aromatic ring is 1. The van der Waals surface area contributed by atoms with Gasteiger partial charge in [0.1, 0.15) is 5.01 Å². The van der Waals surface area contributed by atoms with Gasteiger partial charge >= 0.3 is 0 Å². The lowest BCUT2D eigenvalue weighted by Gasteiger charge is -2.39. The highest BCUT2D eigenvalue weighted by Gasteiger charge is 2.40. The SMILES string of the molecule is CC1(C)Cc2nc(-c3ccccc3N)sc2C(C)(C)C1. The quantitative estimate of drug-likeness (QED) is 0.775. The van der Waals surface area contributed by atoms with Crippen LogP contribution in [0.5, 0.6) is 0 Å². The molecule has 0 saturated carbocycles. The second-order valence-corrected chi connectivity index (χ2v) is 8.28. The molecule has 0 amide bonds. The molecule has 0 spiro atoms. The monoisotopic (exact) mass is 286 g/mol. The van der Waals surface area contributed by atoms with Crippen LogP contribution in [0.25, 0.3) is 10.6 Å². The van der Waals surface area contributed by atoms with Crippen molar-refractivity contribution in [1.29, 1.82) is 0 Å². The Morgan fingerprint density at radius 3 is 2.55 bits per heavy atom. The second-order valence-electron chi connectivity index (χ2n) is 7.28. The number of thiazole rings is 1. The molecule has 0 fully saturated rings. The van der Waals surface area contributed by atoms with Crippen LogP contribution in [0.1, 0.15) is 44.7 Å². The minimum absolute atomic E-state index is 0.205. The molecule has 1 heterocycles. The third-order valence-corrected chi connectivity index (χ3v) is 5.57. The lowest BCUT2D eigenvalue weighted by Crippen LogP contribution is -2.33. The number of nitrogens with two attached hydrogens (primary N) is 1. The number of benzene rings is 1. The van der Waals surface area contributed by atoms with Crippen molar-refractivity contribution in [2.45, 2.75) is 46.0 Å². The molecule has 1 aliphatic rings. The maximum Gasteiger partial charge on any atom is 0.125 e. The predicted molar refractivity (Wildman–Crippen MR) is 87.1 cm³/mol. The first-order valence-corrected chi connectivity index (χ1v) is 7.95. The van der Waals surface area contributed by atoms with E-state index < -0.39 is 0 Å². The van der Waals surface area contributed by atoms with Gasteiger partial charge in [0.05, 0.1) is 5.69 Å². The molecule has 1 aliphatic carbocycles. The highest BCUT2D eigenvalue weighted by molar-refractivity contribution is 7.15. The molecule has 2 nitrogen and oxygen atoms in total. The summed E-state index contributed by atoms with van der Waals surface area (Å²) in [5, 5.41) is 1.07. The van der Waals surface area contributed by atoms with E-state index in [1.165, 1.54) is 17.0 Å². The van der Waals surface area contributed by atoms with Crippen LogP contribution in [0, 0.1) is 5.41 Å². The number of nitrogens with zero attached hydrogens (tertiary/aromatic N) is 1. The normalized spacial score (nSPS) is 19.6. The van der Waals surface area contributed by atoms with Crippen LogP contribution in [0.15, 0.2) is 24.3 Å². The minimum Gasteiger partial charge on any atom is -0.398 e. The Labute approximate surface area is 125 Å². The summed E-state index contributed by atoms with van der Waals surface area (Å²) < 4.78 is 0. The Balaban J connectivity index is 2.12. The summed E-state index contributed by atoms with van der Waals surface area (Å²) in [5.41, 5.74) is 9.78. The van der Waals surface area contributed by atoms with Crippen LogP contribution in [0.4, 0.5) is 5.69 Å². The van der Waals surface area contributed by atoms with E-state index in [0.29, 0.717) is 5.41 Å². The average Bonchev–Trinajstić information content (AvgIpc) is 2.71. The third-order valence-electron chi connectivity index (χ3n) is 4.07. The van der Waals surface area contributed by atoms with E-state index in [4.69, 9.17) is 10.7 Å². The van der Waals surface area contributed by atoms with Crippen molar-refractivity contribution in [2.75, 3.05) is 5.73 Å². The van der Waals surface area contributed by atoms with E-state index in [0.717, 1.165) is 22.7 Å². The van der Waals surface area contributed by atoms with Crippen LogP contribution in [-0.2, 0) is 11.8 Å². The molecule has 2 N–H and O–H groups in total. The lowest BCUT2D eigenvalue weighted by molar-refractivity contribution is 0.232. The Bertz CT molecular complexity index is 653. The summed E-state index contributed by atoms with van der Waals surface area (Å²) in [5.74, 6) is 0. The van der Waals surface area contributed by atoms with Crippen molar-refractivity contribution in [3.63, 3.8) is 0 Å². The number of rotatable bonds is 1. The van der Waals surface area contributed by atoms with Gasteiger partial charge in [-0.15, -0.1) is 11.3 Å². The molecule has 106 valence electrons. The Morgan fingerprint density at radius 1 is 1.15 bits per heavy atom. The largest absolute Gasteiger partial charge is 0.398 e. The molecule has 1 aromatic carbocycles. The van der Waals surface area contributed by atoms with Gasteiger partial charge in [0, 0.05) is 21.5 Å². The minimum atomic E-state index is 0.205. The van der Waals surface area contributed by atoms with E-state index in [1.54, 1.807) is 0 Å². The third kappa shape index (κ3) is 2.24. The zero-order chi connectivity index (χ0) is 14.5. The van der Waals surface area contributed by atoms with Crippen molar-refractivity contribution >= 4 is 17.0 Å². The number of anilines is 1. The molecule has 2 aromatic rings. The fraction of sp³-hybridized carbons (Fsp3) is 0.471. The molecule has 0 aliphatic heterocycles. The topological polar surface area (TPSA) is 38.9 Å². The lowest BCUT2D eigenvalue weighted by atomic mass is 9.67. The number of hydrogen-bond donors (Lipinski definition) is 1. The van der Waals surface area contributed by atoms with E-state index in [-0.39, 0.29) is 5.41 Å². The second kappa shape index (κ2) is 4.32. The summed E-state index contributed by atoms with van der Waals surface area (Å²) in [7, 11) is 0. The Kier molecular flexibility index (Phi) is 2.94. The van der Waals surface area contributed by atoms with E-state index in [2.05, 4.69) is 33.8 Å². The van der Waals surface area contributed by atoms with Crippen molar-refractivity contribution in [3.05, 3.63) is 34.8 Å². The number of fused-ring (bicyclic) bond motifs is 1. The van der Waals surface area contributed by atoms with Gasteiger partial charge in [-0.3, -0.25) is 0 Å². The Hall–Kier alpha value is -1.35. The van der Waals surface area contributed by atoms with Gasteiger partial charge < -0.3 is 5.73 Å². The van der Waals surface area contributed by atoms with Gasteiger partial charge in [-0.05, 0) is 30.4 Å². The van der Waals surface area contributed by atoms with Gasteiger partial charge in [-0.1, -0.05) is 39.8 Å². The molecular weight excluding hydrogens is 264 g/mol. The summed E-state index contributed by atoms with van der Waals surface area (Å²) in [6, 6.07) is 8.02. The van der Waals surface area contributed by atoms with Crippen molar-refractivity contribution in [2.24, 2.45) is 5.41 Å². The molecular formula is C17H22N2S. The van der Waals surface area contributed by atoms with Gasteiger partial charge in [-0.2, -0.15) is 0 Å². The van der Waals surface area contributed by atoms with E-state index >= 15 is 0 Å². The zero-order valence-electron chi connectivity index (χ0n) is 12.7. The first-order chi connectivity index (χ1) is 9.28. The summed E-state index contributed by atoms with van der Waals surface area (Å²) >= 11 is 1.82. The summed E-state index contributed by atoms with van der Waals surface area (Å²) in [4.78, 5) is 6.35. The van der Waals surface area contributed by atoms with Gasteiger partial charge in [0.25, 0.3) is 0 Å². The van der Waals surface area contributed by atoms with Gasteiger partial charge in [0.2, 0.25) is 0 Å². The van der Waals surface area contributed by atoms with Crippen LogP contribution in [0.3, 0.4) is 0 Å². The maximum atomic E-state index is 6.10. The molecule has 1 aromatic heterocycles. The van der Waals surface area contributed by atoms with Gasteiger partial charge in [0.15, 0.2) is 0 Å². The molecule has 0 unspecified atom stereocenters. The van der Waals surface area contributed by atoms with Crippen LogP contribution < -0.4 is 5.73 Å². The van der Waals surface area contributed by atoms with Crippen molar-refractivity contribution in [1.82, 2.24) is 4.98 Å². The molecule has 0 saturated heterocycles. The number of aromatic nitrogens is 1. The predicted octanol–water partition coefficient (Wildman–Crippen LogP) is 4.64. The molecule has 0 radical (unpaired) electrons. The standard InChI is InChI=1S/C17H22N2S/c1-16(2)9-13-14(17(3,4)10-16)20-15(19-13)11-7-5-6-8-12(11)18/h5-8H,9-10,18H2,1-4H3. The first kappa shape index (κ1) is 13.6. The van der Waals surface area contributed by atoms with Gasteiger partial charge in [-0.25, -0.2) is 4.98 Å². The van der Waals surface area contributed by atoms with Crippen LogP contribution in [0.2, 0.25) is 0 Å². The molecule has 3 rings (SSSR count). The van der Waals surface area contributed by atoms with E-state index in [1.807, 2.05) is 29.5 Å². The average molecular weight is 286 g/mol. The molecule has 0 atom stereocenters.